The molecule has 1 aromatic carbocycles. The third-order valence-corrected chi connectivity index (χ3v) is 6.36. The Morgan fingerprint density at radius 1 is 1.38 bits per heavy atom. The van der Waals surface area contributed by atoms with E-state index in [-0.39, 0.29) is 25.2 Å². The van der Waals surface area contributed by atoms with Gasteiger partial charge in [0.2, 0.25) is 15.9 Å². The Labute approximate surface area is 168 Å². The van der Waals surface area contributed by atoms with Crippen LogP contribution in [-0.2, 0) is 10.0 Å². The fraction of sp³-hybridized carbons (Fsp3) is 0.474. The highest BCUT2D eigenvalue weighted by molar-refractivity contribution is 7.89. The van der Waals surface area contributed by atoms with Crippen LogP contribution in [0.2, 0.25) is 0 Å². The van der Waals surface area contributed by atoms with Crippen LogP contribution in [0.3, 0.4) is 0 Å². The summed E-state index contributed by atoms with van der Waals surface area (Å²) in [6.07, 6.45) is 2.34. The van der Waals surface area contributed by atoms with E-state index in [4.69, 9.17) is 10.00 Å². The number of alkyl halides is 2. The highest BCUT2D eigenvalue weighted by Gasteiger charge is 2.42. The summed E-state index contributed by atoms with van der Waals surface area (Å²) in [6, 6.07) is 8.24. The number of sulfonamides is 1. The second-order valence-corrected chi connectivity index (χ2v) is 9.12. The number of ether oxygens (including phenoxy) is 1. The Bertz CT molecular complexity index is 984. The molecule has 2 unspecified atom stereocenters. The van der Waals surface area contributed by atoms with Crippen LogP contribution in [0, 0.1) is 17.2 Å². The van der Waals surface area contributed by atoms with Crippen LogP contribution < -0.4 is 9.46 Å². The van der Waals surface area contributed by atoms with Gasteiger partial charge in [0.25, 0.3) is 0 Å². The van der Waals surface area contributed by atoms with Gasteiger partial charge in [0, 0.05) is 31.0 Å². The molecule has 1 aliphatic rings. The molecular weight excluding hydrogens is 402 g/mol. The molecule has 2 aromatic rings. The minimum Gasteiger partial charge on any atom is -0.493 e. The van der Waals surface area contributed by atoms with Crippen LogP contribution in [0.5, 0.6) is 5.75 Å². The van der Waals surface area contributed by atoms with E-state index in [1.165, 1.54) is 13.1 Å². The predicted octanol–water partition coefficient (Wildman–Crippen LogP) is 2.87. The van der Waals surface area contributed by atoms with Crippen molar-refractivity contribution in [2.75, 3.05) is 12.4 Å². The monoisotopic (exact) mass is 424 g/mol. The molecule has 0 spiro atoms. The van der Waals surface area contributed by atoms with E-state index < -0.39 is 34.3 Å². The molecule has 1 heterocycles. The lowest BCUT2D eigenvalue weighted by Gasteiger charge is -2.36. The fourth-order valence-electron chi connectivity index (χ4n) is 3.29. The first-order valence-electron chi connectivity index (χ1n) is 9.27. The van der Waals surface area contributed by atoms with E-state index in [0.717, 1.165) is 5.69 Å². The second kappa shape index (κ2) is 8.47. The number of nitrogens with zero attached hydrogens (tertiary/aromatic N) is 3. The third kappa shape index (κ3) is 5.52. The summed E-state index contributed by atoms with van der Waals surface area (Å²) in [5.41, 5.74) is 1.15. The van der Waals surface area contributed by atoms with E-state index in [2.05, 4.69) is 9.82 Å². The number of nitrogens with one attached hydrogen (secondary N) is 1. The fourth-order valence-corrected chi connectivity index (χ4v) is 4.23. The Balaban J connectivity index is 1.66. The van der Waals surface area contributed by atoms with Gasteiger partial charge in [0.1, 0.15) is 11.8 Å². The molecule has 1 N–H and O–H groups in total. The molecule has 7 nitrogen and oxygen atoms in total. The zero-order chi connectivity index (χ0) is 21.1. The highest BCUT2D eigenvalue weighted by atomic mass is 32.2. The van der Waals surface area contributed by atoms with Gasteiger partial charge < -0.3 is 4.74 Å². The maximum absolute atomic E-state index is 13.9. The molecule has 0 radical (unpaired) electrons. The molecule has 1 aromatic heterocycles. The number of nitriles is 1. The van der Waals surface area contributed by atoms with E-state index in [1.807, 2.05) is 6.07 Å². The largest absolute Gasteiger partial charge is 0.493 e. The second-order valence-electron chi connectivity index (χ2n) is 7.08. The van der Waals surface area contributed by atoms with Crippen molar-refractivity contribution in [3.05, 3.63) is 42.2 Å². The first-order chi connectivity index (χ1) is 13.7. The number of hydrogen-bond acceptors (Lipinski definition) is 5. The molecule has 10 heteroatoms. The average Bonchev–Trinajstić information content (AvgIpc) is 3.17. The van der Waals surface area contributed by atoms with E-state index in [1.54, 1.807) is 35.1 Å². The third-order valence-electron chi connectivity index (χ3n) is 4.94. The summed E-state index contributed by atoms with van der Waals surface area (Å²) >= 11 is 0. The zero-order valence-electron chi connectivity index (χ0n) is 15.9. The van der Waals surface area contributed by atoms with Crippen molar-refractivity contribution in [1.29, 1.82) is 5.26 Å². The maximum Gasteiger partial charge on any atom is 0.248 e. The molecule has 1 fully saturated rings. The molecule has 3 rings (SSSR count). The predicted molar refractivity (Wildman–Crippen MR) is 102 cm³/mol. The van der Waals surface area contributed by atoms with Crippen molar-refractivity contribution in [2.45, 2.75) is 38.2 Å². The van der Waals surface area contributed by atoms with Gasteiger partial charge in [0.15, 0.2) is 0 Å². The molecule has 2 atom stereocenters. The van der Waals surface area contributed by atoms with Gasteiger partial charge in [-0.1, -0.05) is 0 Å². The lowest BCUT2D eigenvalue weighted by molar-refractivity contribution is -0.0660. The number of hydrogen-bond donors (Lipinski definition) is 1. The summed E-state index contributed by atoms with van der Waals surface area (Å²) in [7, 11) is -3.49. The minimum atomic E-state index is -3.49. The molecule has 0 bridgehead atoms. The first-order valence-corrected chi connectivity index (χ1v) is 10.9. The van der Waals surface area contributed by atoms with E-state index >= 15 is 0 Å². The van der Waals surface area contributed by atoms with Crippen LogP contribution in [0.15, 0.2) is 36.7 Å². The molecule has 156 valence electrons. The Kier molecular flexibility index (Phi) is 6.19. The van der Waals surface area contributed by atoms with Crippen LogP contribution >= 0.6 is 0 Å². The molecule has 0 aliphatic heterocycles. The topological polar surface area (TPSA) is 97.0 Å². The lowest BCUT2D eigenvalue weighted by atomic mass is 9.83. The summed E-state index contributed by atoms with van der Waals surface area (Å²) in [4.78, 5) is 0. The number of benzene rings is 1. The van der Waals surface area contributed by atoms with Gasteiger partial charge in [-0.2, -0.15) is 10.4 Å². The smallest absolute Gasteiger partial charge is 0.248 e. The lowest BCUT2D eigenvalue weighted by Crippen LogP contribution is -2.48. The van der Waals surface area contributed by atoms with Gasteiger partial charge in [0.05, 0.1) is 29.8 Å². The number of rotatable bonds is 7. The Morgan fingerprint density at radius 3 is 2.72 bits per heavy atom. The van der Waals surface area contributed by atoms with Gasteiger partial charge >= 0.3 is 0 Å². The summed E-state index contributed by atoms with van der Waals surface area (Å²) in [5.74, 6) is -3.09. The van der Waals surface area contributed by atoms with E-state index in [0.29, 0.717) is 11.3 Å². The van der Waals surface area contributed by atoms with Crippen molar-refractivity contribution < 1.29 is 21.9 Å². The van der Waals surface area contributed by atoms with Crippen LogP contribution in [-0.4, -0.2) is 42.5 Å². The average molecular weight is 424 g/mol. The first kappa shape index (κ1) is 21.2. The normalized spacial score (nSPS) is 21.4. The van der Waals surface area contributed by atoms with Gasteiger partial charge in [-0.3, -0.25) is 0 Å². The Hall–Kier alpha value is -2.51. The summed E-state index contributed by atoms with van der Waals surface area (Å²) < 4.78 is 61.3. The van der Waals surface area contributed by atoms with Gasteiger partial charge in [-0.15, -0.1) is 0 Å². The molecule has 1 aliphatic carbocycles. The molecule has 0 saturated heterocycles. The highest BCUT2D eigenvalue weighted by Crippen LogP contribution is 2.37. The van der Waals surface area contributed by atoms with Crippen molar-refractivity contribution in [2.24, 2.45) is 5.92 Å². The van der Waals surface area contributed by atoms with Crippen LogP contribution in [0.1, 0.15) is 31.7 Å². The SMILES string of the molecule is CCS(=O)(=O)NC1CCC(F)(F)CC1COc1ccc(-n2cc(C#N)cn2)cc1. The number of aromatic nitrogens is 2. The Morgan fingerprint density at radius 2 is 2.10 bits per heavy atom. The van der Waals surface area contributed by atoms with E-state index in [9.17, 15) is 17.2 Å². The summed E-state index contributed by atoms with van der Waals surface area (Å²) in [5, 5.41) is 12.9. The number of halogens is 2. The van der Waals surface area contributed by atoms with Gasteiger partial charge in [-0.05, 0) is 37.6 Å². The molecular formula is C19H22F2N4O3S. The molecule has 0 amide bonds. The van der Waals surface area contributed by atoms with Gasteiger partial charge in [-0.25, -0.2) is 26.6 Å². The van der Waals surface area contributed by atoms with Crippen molar-refractivity contribution >= 4 is 10.0 Å². The van der Waals surface area contributed by atoms with Crippen molar-refractivity contribution in [3.8, 4) is 17.5 Å². The standard InChI is InChI=1S/C19H22F2N4O3S/c1-2-29(26,27)24-18-7-8-19(20,21)9-15(18)13-28-17-5-3-16(4-6-17)25-12-14(10-22)11-23-25/h3-6,11-12,15,18,24H,2,7-9,13H2,1H3. The molecule has 1 saturated carbocycles. The molecule has 29 heavy (non-hydrogen) atoms. The summed E-state index contributed by atoms with van der Waals surface area (Å²) in [6.45, 7) is 1.48. The van der Waals surface area contributed by atoms with Crippen molar-refractivity contribution in [3.63, 3.8) is 0 Å². The van der Waals surface area contributed by atoms with Crippen LogP contribution in [0.4, 0.5) is 8.78 Å². The minimum absolute atomic E-state index is 0.0216. The maximum atomic E-state index is 13.9. The zero-order valence-corrected chi connectivity index (χ0v) is 16.7. The quantitative estimate of drug-likeness (QED) is 0.737. The van der Waals surface area contributed by atoms with Crippen molar-refractivity contribution in [1.82, 2.24) is 14.5 Å². The van der Waals surface area contributed by atoms with Crippen LogP contribution in [0.25, 0.3) is 5.69 Å².